The van der Waals surface area contributed by atoms with Crippen LogP contribution in [0.4, 0.5) is 0 Å². The molecule has 2 amide bonds. The maximum absolute atomic E-state index is 12.2. The van der Waals surface area contributed by atoms with Crippen molar-refractivity contribution in [2.75, 3.05) is 19.0 Å². The van der Waals surface area contributed by atoms with E-state index in [0.717, 1.165) is 0 Å². The second-order valence-electron chi connectivity index (χ2n) is 5.44. The smallest absolute Gasteiger partial charge is 0.240 e. The van der Waals surface area contributed by atoms with Crippen LogP contribution in [0, 0.1) is 5.92 Å². The Kier molecular flexibility index (Phi) is 5.73. The van der Waals surface area contributed by atoms with E-state index in [1.165, 1.54) is 12.1 Å². The molecule has 1 aliphatic rings. The number of nitrogens with two attached hydrogens (primary N) is 1. The van der Waals surface area contributed by atoms with Crippen molar-refractivity contribution in [3.63, 3.8) is 0 Å². The normalized spacial score (nSPS) is 19.2. The Bertz CT molecular complexity index is 654. The van der Waals surface area contributed by atoms with Crippen molar-refractivity contribution in [1.29, 1.82) is 0 Å². The summed E-state index contributed by atoms with van der Waals surface area (Å²) in [6.07, 6.45) is 0.519. The number of primary amides is 1. The van der Waals surface area contributed by atoms with Crippen molar-refractivity contribution < 1.29 is 22.7 Å². The van der Waals surface area contributed by atoms with Crippen molar-refractivity contribution in [2.24, 2.45) is 11.7 Å². The molecule has 126 valence electrons. The van der Waals surface area contributed by atoms with E-state index in [2.05, 4.69) is 5.32 Å². The first-order valence-corrected chi connectivity index (χ1v) is 9.00. The second-order valence-corrected chi connectivity index (χ2v) is 7.55. The molecule has 0 radical (unpaired) electrons. The first kappa shape index (κ1) is 17.4. The van der Waals surface area contributed by atoms with Gasteiger partial charge in [-0.15, -0.1) is 0 Å². The molecule has 3 N–H and O–H groups in total. The first-order valence-electron chi connectivity index (χ1n) is 7.35. The number of ether oxygens (including phenoxy) is 1. The molecule has 23 heavy (non-hydrogen) atoms. The van der Waals surface area contributed by atoms with Crippen molar-refractivity contribution in [2.45, 2.75) is 23.8 Å². The van der Waals surface area contributed by atoms with Crippen LogP contribution in [0.5, 0.6) is 0 Å². The minimum Gasteiger partial charge on any atom is -0.381 e. The van der Waals surface area contributed by atoms with Gasteiger partial charge in [-0.05, 0) is 25.0 Å². The first-order chi connectivity index (χ1) is 10.9. The molecule has 1 saturated heterocycles. The summed E-state index contributed by atoms with van der Waals surface area (Å²) in [5, 5.41) is 2.52. The summed E-state index contributed by atoms with van der Waals surface area (Å²) < 4.78 is 29.6. The Morgan fingerprint density at radius 1 is 1.30 bits per heavy atom. The van der Waals surface area contributed by atoms with Crippen LogP contribution in [0.2, 0.25) is 0 Å². The van der Waals surface area contributed by atoms with Crippen LogP contribution in [0.3, 0.4) is 0 Å². The van der Waals surface area contributed by atoms with Gasteiger partial charge < -0.3 is 15.8 Å². The Hall–Kier alpha value is -1.93. The summed E-state index contributed by atoms with van der Waals surface area (Å²) in [4.78, 5) is 23.7. The van der Waals surface area contributed by atoms with Gasteiger partial charge in [0.1, 0.15) is 6.04 Å². The van der Waals surface area contributed by atoms with Crippen LogP contribution in [-0.4, -0.2) is 45.2 Å². The predicted molar refractivity (Wildman–Crippen MR) is 83.2 cm³/mol. The summed E-state index contributed by atoms with van der Waals surface area (Å²) in [5.41, 5.74) is 5.27. The Morgan fingerprint density at radius 2 is 2.00 bits per heavy atom. The van der Waals surface area contributed by atoms with E-state index in [-0.39, 0.29) is 28.9 Å². The summed E-state index contributed by atoms with van der Waals surface area (Å²) in [5.74, 6) is -1.67. The molecule has 1 aromatic carbocycles. The van der Waals surface area contributed by atoms with Crippen LogP contribution < -0.4 is 11.1 Å². The maximum atomic E-state index is 12.2. The molecule has 0 aliphatic carbocycles. The lowest BCUT2D eigenvalue weighted by Crippen LogP contribution is -2.47. The zero-order chi connectivity index (χ0) is 16.9. The van der Waals surface area contributed by atoms with Crippen molar-refractivity contribution >= 4 is 21.7 Å². The van der Waals surface area contributed by atoms with E-state index in [1.807, 2.05) is 0 Å². The summed E-state index contributed by atoms with van der Waals surface area (Å²) in [6.45, 7) is 0.807. The van der Waals surface area contributed by atoms with Gasteiger partial charge >= 0.3 is 0 Å². The highest BCUT2D eigenvalue weighted by Crippen LogP contribution is 2.14. The average molecular weight is 340 g/mol. The molecule has 1 aromatic rings. The van der Waals surface area contributed by atoms with E-state index in [9.17, 15) is 18.0 Å². The molecule has 2 rings (SSSR count). The lowest BCUT2D eigenvalue weighted by molar-refractivity contribution is -0.129. The number of hydrogen-bond donors (Lipinski definition) is 2. The van der Waals surface area contributed by atoms with Crippen LogP contribution >= 0.6 is 0 Å². The van der Waals surface area contributed by atoms with E-state index in [1.54, 1.807) is 18.2 Å². The molecule has 0 saturated carbocycles. The summed E-state index contributed by atoms with van der Waals surface area (Å²) >= 11 is 0. The van der Waals surface area contributed by atoms with Gasteiger partial charge in [0.25, 0.3) is 0 Å². The van der Waals surface area contributed by atoms with Gasteiger partial charge in [0.05, 0.1) is 23.2 Å². The average Bonchev–Trinajstić information content (AvgIpc) is 3.06. The highest BCUT2D eigenvalue weighted by molar-refractivity contribution is 7.91. The number of nitrogens with one attached hydrogen (secondary N) is 1. The van der Waals surface area contributed by atoms with E-state index >= 15 is 0 Å². The minimum atomic E-state index is -3.53. The third-order valence-electron chi connectivity index (χ3n) is 3.74. The monoisotopic (exact) mass is 340 g/mol. The van der Waals surface area contributed by atoms with Gasteiger partial charge in [0.15, 0.2) is 9.84 Å². The Morgan fingerprint density at radius 3 is 2.57 bits per heavy atom. The summed E-state index contributed by atoms with van der Waals surface area (Å²) in [7, 11) is -3.53. The lowest BCUT2D eigenvalue weighted by atomic mass is 10.1. The molecule has 1 fully saturated rings. The molecule has 1 heterocycles. The maximum Gasteiger partial charge on any atom is 0.240 e. The molecule has 0 aromatic heterocycles. The van der Waals surface area contributed by atoms with Crippen molar-refractivity contribution in [1.82, 2.24) is 5.32 Å². The third kappa shape index (κ3) is 4.77. The standard InChI is InChI=1S/C15H20N2O5S/c16-14(18)13(17-15(19)11-6-8-22-10-11)7-9-23(20,21)12-4-2-1-3-5-12/h1-5,11,13H,6-10H2,(H2,16,18)(H,17,19)/t11-,13+/m0/s1. The number of sulfone groups is 1. The SMILES string of the molecule is NC(=O)[C@@H](CCS(=O)(=O)c1ccccc1)NC(=O)[C@H]1CCOC1. The summed E-state index contributed by atoms with van der Waals surface area (Å²) in [6, 6.07) is 6.93. The molecule has 8 heteroatoms. The highest BCUT2D eigenvalue weighted by atomic mass is 32.2. The molecule has 0 unspecified atom stereocenters. The quantitative estimate of drug-likeness (QED) is 0.716. The van der Waals surface area contributed by atoms with Gasteiger partial charge in [-0.3, -0.25) is 9.59 Å². The van der Waals surface area contributed by atoms with Gasteiger partial charge in [0.2, 0.25) is 11.8 Å². The van der Waals surface area contributed by atoms with Crippen molar-refractivity contribution in [3.05, 3.63) is 30.3 Å². The highest BCUT2D eigenvalue weighted by Gasteiger charge is 2.28. The topological polar surface area (TPSA) is 116 Å². The molecule has 1 aliphatic heterocycles. The zero-order valence-electron chi connectivity index (χ0n) is 12.6. The molecule has 7 nitrogen and oxygen atoms in total. The van der Waals surface area contributed by atoms with Crippen LogP contribution in [-0.2, 0) is 24.2 Å². The third-order valence-corrected chi connectivity index (χ3v) is 5.50. The molecule has 0 bridgehead atoms. The fourth-order valence-corrected chi connectivity index (χ4v) is 3.69. The zero-order valence-corrected chi connectivity index (χ0v) is 13.4. The number of benzene rings is 1. The number of amides is 2. The second kappa shape index (κ2) is 7.56. The molecule has 2 atom stereocenters. The lowest BCUT2D eigenvalue weighted by Gasteiger charge is -2.17. The van der Waals surface area contributed by atoms with E-state index in [4.69, 9.17) is 10.5 Å². The number of rotatable bonds is 7. The van der Waals surface area contributed by atoms with Crippen LogP contribution in [0.15, 0.2) is 35.2 Å². The number of hydrogen-bond acceptors (Lipinski definition) is 5. The van der Waals surface area contributed by atoms with E-state index < -0.39 is 21.8 Å². The largest absolute Gasteiger partial charge is 0.381 e. The van der Waals surface area contributed by atoms with Crippen molar-refractivity contribution in [3.8, 4) is 0 Å². The van der Waals surface area contributed by atoms with Gasteiger partial charge in [-0.1, -0.05) is 18.2 Å². The fraction of sp³-hybridized carbons (Fsp3) is 0.467. The molecular weight excluding hydrogens is 320 g/mol. The Balaban J connectivity index is 1.97. The van der Waals surface area contributed by atoms with Crippen LogP contribution in [0.1, 0.15) is 12.8 Å². The number of carbonyl (C=O) groups excluding carboxylic acids is 2. The predicted octanol–water partition coefficient (Wildman–Crippen LogP) is -0.143. The minimum absolute atomic E-state index is 0.0636. The van der Waals surface area contributed by atoms with Gasteiger partial charge in [-0.25, -0.2) is 8.42 Å². The number of carbonyl (C=O) groups is 2. The van der Waals surface area contributed by atoms with E-state index in [0.29, 0.717) is 19.6 Å². The van der Waals surface area contributed by atoms with Gasteiger partial charge in [0, 0.05) is 6.61 Å². The fourth-order valence-electron chi connectivity index (χ4n) is 2.34. The molecular formula is C15H20N2O5S. The van der Waals surface area contributed by atoms with Crippen LogP contribution in [0.25, 0.3) is 0 Å². The Labute approximate surface area is 135 Å². The molecule has 0 spiro atoms. The van der Waals surface area contributed by atoms with Gasteiger partial charge in [-0.2, -0.15) is 0 Å².